The molecule has 0 bridgehead atoms. The number of rotatable bonds is 19. The summed E-state index contributed by atoms with van der Waals surface area (Å²) < 4.78 is 34.0. The number of thioether (sulfide) groups is 1. The second kappa shape index (κ2) is 27.4. The molecule has 4 rings (SSSR count). The van der Waals surface area contributed by atoms with Gasteiger partial charge in [-0.1, -0.05) is 109 Å². The van der Waals surface area contributed by atoms with Gasteiger partial charge in [-0.2, -0.15) is 0 Å². The van der Waals surface area contributed by atoms with Crippen LogP contribution in [0, 0.1) is 11.8 Å². The third kappa shape index (κ3) is 17.4. The predicted octanol–water partition coefficient (Wildman–Crippen LogP) is 0.880. The third-order valence-corrected chi connectivity index (χ3v) is 13.0. The number of unbranched alkanes of at least 4 members (excludes halogenated alkanes) is 2. The Morgan fingerprint density at radius 3 is 2.20 bits per heavy atom. The van der Waals surface area contributed by atoms with Crippen molar-refractivity contribution < 1.29 is 80.9 Å². The van der Waals surface area contributed by atoms with E-state index < -0.39 is 63.2 Å². The summed E-state index contributed by atoms with van der Waals surface area (Å²) in [5.41, 5.74) is 2.83. The van der Waals surface area contributed by atoms with Crippen LogP contribution in [0.15, 0.2) is 48.5 Å². The second-order valence-corrected chi connectivity index (χ2v) is 18.5. The van der Waals surface area contributed by atoms with Crippen LogP contribution in [0.3, 0.4) is 0 Å². The van der Waals surface area contributed by atoms with Gasteiger partial charge in [0.1, 0.15) is 21.4 Å². The molecule has 0 aliphatic carbocycles. The Balaban J connectivity index is 0.00000165. The molecular formula is C39H48N5NaO11S4. The first-order chi connectivity index (χ1) is 28.2. The van der Waals surface area contributed by atoms with Crippen LogP contribution in [-0.4, -0.2) is 100 Å². The summed E-state index contributed by atoms with van der Waals surface area (Å²) >= 11 is 0.637. The molecule has 0 aromatic heterocycles. The van der Waals surface area contributed by atoms with Gasteiger partial charge in [-0.15, -0.1) is 5.06 Å². The third-order valence-electron chi connectivity index (χ3n) is 8.36. The number of amides is 6. The molecule has 2 aromatic rings. The van der Waals surface area contributed by atoms with Crippen LogP contribution in [0.2, 0.25) is 0 Å². The predicted molar refractivity (Wildman–Crippen MR) is 227 cm³/mol. The van der Waals surface area contributed by atoms with Crippen LogP contribution >= 0.6 is 33.3 Å². The van der Waals surface area contributed by atoms with E-state index >= 15 is 0 Å². The van der Waals surface area contributed by atoms with Crippen molar-refractivity contribution in [2.24, 2.45) is 0 Å². The van der Waals surface area contributed by atoms with Gasteiger partial charge in [0, 0.05) is 54.3 Å². The minimum Gasteiger partial charge on any atom is -0.747 e. The van der Waals surface area contributed by atoms with Crippen molar-refractivity contribution in [3.63, 3.8) is 0 Å². The summed E-state index contributed by atoms with van der Waals surface area (Å²) in [6, 6.07) is 12.0. The summed E-state index contributed by atoms with van der Waals surface area (Å²) in [6.45, 7) is 6.88. The van der Waals surface area contributed by atoms with E-state index in [1.165, 1.54) is 11.5 Å². The average Bonchev–Trinajstić information content (AvgIpc) is 3.48. The number of anilines is 1. The second-order valence-electron chi connectivity index (χ2n) is 12.8. The van der Waals surface area contributed by atoms with E-state index in [0.717, 1.165) is 30.4 Å². The number of para-hydroxylation sites is 1. The van der Waals surface area contributed by atoms with Crippen molar-refractivity contribution in [1.82, 2.24) is 21.0 Å². The first-order valence-electron chi connectivity index (χ1n) is 18.9. The van der Waals surface area contributed by atoms with Crippen molar-refractivity contribution in [3.8, 4) is 11.8 Å². The van der Waals surface area contributed by atoms with Gasteiger partial charge in [-0.3, -0.25) is 24.0 Å². The Kier molecular flexibility index (Phi) is 24.0. The molecule has 1 fully saturated rings. The van der Waals surface area contributed by atoms with E-state index in [9.17, 15) is 46.5 Å². The van der Waals surface area contributed by atoms with Gasteiger partial charge in [0.15, 0.2) is 0 Å². The fraction of sp³-hybridized carbons (Fsp3) is 0.462. The quantitative estimate of drug-likeness (QED) is 0.0444. The van der Waals surface area contributed by atoms with Crippen LogP contribution < -0.4 is 50.4 Å². The molecule has 0 saturated carbocycles. The van der Waals surface area contributed by atoms with Crippen LogP contribution in [0.5, 0.6) is 0 Å². The molecule has 2 unspecified atom stereocenters. The van der Waals surface area contributed by atoms with Crippen molar-refractivity contribution in [3.05, 3.63) is 65.2 Å². The number of carbonyl (C=O) groups is 7. The van der Waals surface area contributed by atoms with Crippen molar-refractivity contribution in [2.45, 2.75) is 83.6 Å². The summed E-state index contributed by atoms with van der Waals surface area (Å²) in [4.78, 5) is 95.2. The number of nitrogens with zero attached hydrogens (tertiary/aromatic N) is 2. The minimum absolute atomic E-state index is 0. The summed E-state index contributed by atoms with van der Waals surface area (Å²) in [5, 5.41) is 4.32. The number of hydrogen-bond acceptors (Lipinski definition) is 14. The van der Waals surface area contributed by atoms with E-state index in [-0.39, 0.29) is 78.1 Å². The smallest absolute Gasteiger partial charge is 0.747 e. The Labute approximate surface area is 385 Å². The number of benzene rings is 2. The molecule has 2 aromatic carbocycles. The SMILES string of the molecule is CCCCCNC(=O)CCSC(=O)C(CC(=O)ON1C(=O)CC(S(=O)(=O)[O-])C1=O)NC(=O)NCCC(=O)N1Cc2ccccc2C#Cc2ccccc21.CCSSCC.[Na+]. The molecule has 0 spiro atoms. The number of imide groups is 1. The molecule has 6 amide bonds. The van der Waals surface area contributed by atoms with E-state index in [0.29, 0.717) is 29.6 Å². The summed E-state index contributed by atoms with van der Waals surface area (Å²) in [6.07, 6.45) is 0.536. The zero-order chi connectivity index (χ0) is 43.4. The minimum atomic E-state index is -5.23. The van der Waals surface area contributed by atoms with Crippen LogP contribution in [0.25, 0.3) is 0 Å². The van der Waals surface area contributed by atoms with Gasteiger partial charge >= 0.3 is 41.6 Å². The normalized spacial score (nSPS) is 14.6. The van der Waals surface area contributed by atoms with Gasteiger partial charge < -0.3 is 30.2 Å². The topological polar surface area (TPSA) is 228 Å². The Hall–Kier alpha value is -3.55. The number of fused-ring (bicyclic) bond motifs is 2. The fourth-order valence-corrected chi connectivity index (χ4v) is 8.30. The molecular weight excluding hydrogens is 866 g/mol. The van der Waals surface area contributed by atoms with E-state index in [1.54, 1.807) is 29.2 Å². The molecule has 16 nitrogen and oxygen atoms in total. The largest absolute Gasteiger partial charge is 1.00 e. The summed E-state index contributed by atoms with van der Waals surface area (Å²) in [5.74, 6) is 3.85. The van der Waals surface area contributed by atoms with Gasteiger partial charge in [0.2, 0.25) is 16.9 Å². The summed E-state index contributed by atoms with van der Waals surface area (Å²) in [7, 11) is -1.38. The van der Waals surface area contributed by atoms with Crippen molar-refractivity contribution in [1.29, 1.82) is 0 Å². The maximum Gasteiger partial charge on any atom is 1.00 e. The monoisotopic (exact) mass is 913 g/mol. The first kappa shape index (κ1) is 52.6. The van der Waals surface area contributed by atoms with Crippen LogP contribution in [-0.2, 0) is 50.3 Å². The molecule has 1 saturated heterocycles. The fourth-order valence-electron chi connectivity index (χ4n) is 5.44. The van der Waals surface area contributed by atoms with E-state index in [1.807, 2.05) is 52.8 Å². The maximum absolute atomic E-state index is 13.5. The zero-order valence-corrected chi connectivity index (χ0v) is 39.3. The standard InChI is InChI=1S/C35H39N5O11S2.C4H10S2.Na/c1-2-3-8-17-36-29(41)16-19-52-34(46)26(20-32(44)51-40-31(43)21-28(33(40)45)53(48,49)50)38-35(47)37-18-15-30(42)39-22-25-11-5-4-9-23(25)13-14-24-10-6-7-12-27(24)39;1-3-5-6-4-2;/h4-7,9-12,26,28H,2-3,8,15-22H2,1H3,(H,36,41)(H2,37,38,47)(H,48,49,50);3-4H2,1-2H3;/q;;+1/p-1. The van der Waals surface area contributed by atoms with E-state index in [2.05, 4.69) is 41.6 Å². The molecule has 21 heteroatoms. The Bertz CT molecular complexity index is 2010. The van der Waals surface area contributed by atoms with Gasteiger partial charge in [0.25, 0.3) is 11.8 Å². The Morgan fingerprint density at radius 2 is 1.55 bits per heavy atom. The molecule has 2 aliphatic heterocycles. The van der Waals surface area contributed by atoms with Crippen LogP contribution in [0.1, 0.15) is 82.4 Å². The molecule has 2 atom stereocenters. The average molecular weight is 914 g/mol. The van der Waals surface area contributed by atoms with Crippen molar-refractivity contribution in [2.75, 3.05) is 35.2 Å². The number of nitrogens with one attached hydrogen (secondary N) is 3. The number of urea groups is 1. The molecule has 320 valence electrons. The van der Waals surface area contributed by atoms with Gasteiger partial charge in [-0.25, -0.2) is 18.0 Å². The van der Waals surface area contributed by atoms with Gasteiger partial charge in [-0.05, 0) is 30.2 Å². The maximum atomic E-state index is 13.5. The molecule has 2 aliphatic rings. The number of hydrogen-bond donors (Lipinski definition) is 3. The molecule has 60 heavy (non-hydrogen) atoms. The zero-order valence-electron chi connectivity index (χ0n) is 34.0. The number of hydroxylamine groups is 2. The van der Waals surface area contributed by atoms with Crippen molar-refractivity contribution >= 4 is 89.9 Å². The molecule has 3 N–H and O–H groups in total. The Morgan fingerprint density at radius 1 is 0.900 bits per heavy atom. The van der Waals surface area contributed by atoms with Gasteiger partial charge in [0.05, 0.1) is 25.1 Å². The number of carbonyl (C=O) groups excluding carboxylic acids is 7. The molecule has 2 heterocycles. The molecule has 0 radical (unpaired) electrons. The van der Waals surface area contributed by atoms with Crippen LogP contribution in [0.4, 0.5) is 10.5 Å². The first-order valence-corrected chi connectivity index (χ1v) is 23.9. The van der Waals surface area contributed by atoms with E-state index in [4.69, 9.17) is 4.84 Å².